The van der Waals surface area contributed by atoms with Gasteiger partial charge in [0.05, 0.1) is 14.2 Å². The third-order valence-electron chi connectivity index (χ3n) is 6.31. The molecule has 1 amide bonds. The summed E-state index contributed by atoms with van der Waals surface area (Å²) in [6.07, 6.45) is 1.19. The van der Waals surface area contributed by atoms with Gasteiger partial charge in [0.1, 0.15) is 0 Å². The zero-order valence-electron chi connectivity index (χ0n) is 19.2. The minimum Gasteiger partial charge on any atom is -0.502 e. The monoisotopic (exact) mass is 435 g/mol. The van der Waals surface area contributed by atoms with Gasteiger partial charge in [0, 0.05) is 35.7 Å². The van der Waals surface area contributed by atoms with Gasteiger partial charge in [-0.15, -0.1) is 0 Å². The van der Waals surface area contributed by atoms with E-state index in [0.717, 1.165) is 16.9 Å². The van der Waals surface area contributed by atoms with E-state index in [9.17, 15) is 14.7 Å². The Labute approximate surface area is 188 Å². The molecule has 1 unspecified atom stereocenters. The van der Waals surface area contributed by atoms with Gasteiger partial charge in [0.2, 0.25) is 11.7 Å². The first-order valence-electron chi connectivity index (χ1n) is 10.8. The first-order chi connectivity index (χ1) is 15.1. The standard InChI is InChI=1S/C26H29NO5/c1-15-7-6-8-17(9-15)27-19-13-26(2,3)14-20(28)24(19)18(12-23(27)29)16-10-21(31-4)25(30)22(11-16)32-5/h6-11,18,30H,12-14H2,1-5H3. The highest BCUT2D eigenvalue weighted by Gasteiger charge is 2.44. The van der Waals surface area contributed by atoms with Crippen molar-refractivity contribution < 1.29 is 24.2 Å². The molecule has 1 heterocycles. The summed E-state index contributed by atoms with van der Waals surface area (Å²) >= 11 is 0. The molecule has 32 heavy (non-hydrogen) atoms. The lowest BCUT2D eigenvalue weighted by Crippen LogP contribution is -2.43. The van der Waals surface area contributed by atoms with Crippen molar-refractivity contribution in [3.05, 3.63) is 58.8 Å². The topological polar surface area (TPSA) is 76.1 Å². The van der Waals surface area contributed by atoms with Gasteiger partial charge in [0.15, 0.2) is 17.3 Å². The van der Waals surface area contributed by atoms with Crippen LogP contribution in [0.1, 0.15) is 50.2 Å². The van der Waals surface area contributed by atoms with E-state index < -0.39 is 5.92 Å². The number of allylic oxidation sites excluding steroid dienone is 2. The van der Waals surface area contributed by atoms with Crippen LogP contribution in [0, 0.1) is 12.3 Å². The average molecular weight is 436 g/mol. The van der Waals surface area contributed by atoms with Crippen LogP contribution in [0.4, 0.5) is 5.69 Å². The molecule has 0 bridgehead atoms. The van der Waals surface area contributed by atoms with Crippen LogP contribution in [0.25, 0.3) is 0 Å². The summed E-state index contributed by atoms with van der Waals surface area (Å²) < 4.78 is 10.6. The number of aromatic hydroxyl groups is 1. The lowest BCUT2D eigenvalue weighted by molar-refractivity contribution is -0.121. The predicted octanol–water partition coefficient (Wildman–Crippen LogP) is 4.88. The molecule has 2 aromatic rings. The van der Waals surface area contributed by atoms with Crippen molar-refractivity contribution in [3.63, 3.8) is 0 Å². The van der Waals surface area contributed by atoms with Crippen molar-refractivity contribution >= 4 is 17.4 Å². The molecule has 2 aliphatic rings. The number of anilines is 1. The summed E-state index contributed by atoms with van der Waals surface area (Å²) in [7, 11) is 2.92. The van der Waals surface area contributed by atoms with Crippen LogP contribution >= 0.6 is 0 Å². The molecule has 1 aliphatic carbocycles. The van der Waals surface area contributed by atoms with E-state index in [0.29, 0.717) is 24.0 Å². The summed E-state index contributed by atoms with van der Waals surface area (Å²) in [6, 6.07) is 11.2. The van der Waals surface area contributed by atoms with Gasteiger partial charge in [-0.05, 0) is 54.2 Å². The Morgan fingerprint density at radius 2 is 1.69 bits per heavy atom. The first kappa shape index (κ1) is 21.9. The molecule has 1 atom stereocenters. The summed E-state index contributed by atoms with van der Waals surface area (Å²) in [6.45, 7) is 6.11. The molecule has 0 radical (unpaired) electrons. The largest absolute Gasteiger partial charge is 0.502 e. The number of hydrogen-bond donors (Lipinski definition) is 1. The van der Waals surface area contributed by atoms with Crippen LogP contribution in [0.3, 0.4) is 0 Å². The molecule has 0 saturated heterocycles. The fraction of sp³-hybridized carbons (Fsp3) is 0.385. The SMILES string of the molecule is COc1cc(C2CC(=O)N(c3cccc(C)c3)C3=C2C(=O)CC(C)(C)C3)cc(OC)c1O. The molecule has 2 aromatic carbocycles. The number of rotatable bonds is 4. The molecule has 0 aromatic heterocycles. The lowest BCUT2D eigenvalue weighted by Gasteiger charge is -2.43. The molecule has 4 rings (SSSR count). The molecule has 0 spiro atoms. The van der Waals surface area contributed by atoms with E-state index in [4.69, 9.17) is 9.47 Å². The Balaban J connectivity index is 1.93. The highest BCUT2D eigenvalue weighted by Crippen LogP contribution is 2.50. The summed E-state index contributed by atoms with van der Waals surface area (Å²) in [5.74, 6) is -0.0382. The first-order valence-corrected chi connectivity index (χ1v) is 10.8. The number of carbonyl (C=O) groups is 2. The number of Topliss-reactive ketones (excluding diaryl/α,β-unsaturated/α-hetero) is 1. The number of ketones is 1. The molecular formula is C26H29NO5. The maximum absolute atomic E-state index is 13.5. The molecule has 0 saturated carbocycles. The molecule has 168 valence electrons. The highest BCUT2D eigenvalue weighted by molar-refractivity contribution is 6.07. The van der Waals surface area contributed by atoms with E-state index in [1.165, 1.54) is 14.2 Å². The van der Waals surface area contributed by atoms with E-state index in [-0.39, 0.29) is 40.8 Å². The van der Waals surface area contributed by atoms with Gasteiger partial charge < -0.3 is 14.6 Å². The van der Waals surface area contributed by atoms with E-state index in [1.807, 2.05) is 31.2 Å². The number of hydrogen-bond acceptors (Lipinski definition) is 5. The average Bonchev–Trinajstić information content (AvgIpc) is 2.72. The van der Waals surface area contributed by atoms with E-state index in [1.54, 1.807) is 17.0 Å². The normalized spacial score (nSPS) is 20.3. The molecule has 1 N–H and O–H groups in total. The maximum Gasteiger partial charge on any atom is 0.232 e. The molecular weight excluding hydrogens is 406 g/mol. The van der Waals surface area contributed by atoms with Crippen LogP contribution in [0.15, 0.2) is 47.7 Å². The number of phenolic OH excluding ortho intramolecular Hbond substituents is 1. The minimum atomic E-state index is -0.425. The number of benzene rings is 2. The van der Waals surface area contributed by atoms with Gasteiger partial charge in [0.25, 0.3) is 0 Å². The Morgan fingerprint density at radius 3 is 2.28 bits per heavy atom. The van der Waals surface area contributed by atoms with E-state index in [2.05, 4.69) is 13.8 Å². The number of nitrogens with zero attached hydrogens (tertiary/aromatic N) is 1. The van der Waals surface area contributed by atoms with Crippen LogP contribution in [0.2, 0.25) is 0 Å². The number of phenols is 1. The van der Waals surface area contributed by atoms with Crippen molar-refractivity contribution in [3.8, 4) is 17.2 Å². The minimum absolute atomic E-state index is 0.0532. The highest BCUT2D eigenvalue weighted by atomic mass is 16.5. The van der Waals surface area contributed by atoms with E-state index >= 15 is 0 Å². The molecule has 0 fully saturated rings. The zero-order valence-corrected chi connectivity index (χ0v) is 19.2. The third kappa shape index (κ3) is 3.74. The number of aryl methyl sites for hydroxylation is 1. The summed E-state index contributed by atoms with van der Waals surface area (Å²) in [5.41, 5.74) is 3.74. The van der Waals surface area contributed by atoms with Crippen LogP contribution < -0.4 is 14.4 Å². The van der Waals surface area contributed by atoms with Crippen molar-refractivity contribution in [1.29, 1.82) is 0 Å². The molecule has 6 nitrogen and oxygen atoms in total. The fourth-order valence-electron chi connectivity index (χ4n) is 4.88. The Kier molecular flexibility index (Phi) is 5.49. The van der Waals surface area contributed by atoms with Gasteiger partial charge in [-0.25, -0.2) is 0 Å². The van der Waals surface area contributed by atoms with Gasteiger partial charge in [-0.1, -0.05) is 26.0 Å². The van der Waals surface area contributed by atoms with Gasteiger partial charge in [-0.3, -0.25) is 14.5 Å². The van der Waals surface area contributed by atoms with Crippen molar-refractivity contribution in [2.24, 2.45) is 5.41 Å². The quantitative estimate of drug-likeness (QED) is 0.741. The fourth-order valence-corrected chi connectivity index (χ4v) is 4.88. The number of ether oxygens (including phenoxy) is 2. The Morgan fingerprint density at radius 1 is 1.03 bits per heavy atom. The van der Waals surface area contributed by atoms with Crippen molar-refractivity contribution in [1.82, 2.24) is 0 Å². The summed E-state index contributed by atoms with van der Waals surface area (Å²) in [4.78, 5) is 28.7. The smallest absolute Gasteiger partial charge is 0.232 e. The lowest BCUT2D eigenvalue weighted by atomic mass is 9.69. The van der Waals surface area contributed by atoms with Crippen LogP contribution in [-0.2, 0) is 9.59 Å². The van der Waals surface area contributed by atoms with Crippen LogP contribution in [-0.4, -0.2) is 31.0 Å². The second kappa shape index (κ2) is 8.01. The number of carbonyl (C=O) groups excluding carboxylic acids is 2. The molecule has 1 aliphatic heterocycles. The molecule has 6 heteroatoms. The Hall–Kier alpha value is -3.28. The maximum atomic E-state index is 13.5. The van der Waals surface area contributed by atoms with Crippen molar-refractivity contribution in [2.75, 3.05) is 19.1 Å². The zero-order chi connectivity index (χ0) is 23.2. The number of methoxy groups -OCH3 is 2. The third-order valence-corrected chi connectivity index (χ3v) is 6.31. The van der Waals surface area contributed by atoms with Crippen LogP contribution in [0.5, 0.6) is 17.2 Å². The second-order valence-corrected chi connectivity index (χ2v) is 9.40. The van der Waals surface area contributed by atoms with Gasteiger partial charge in [-0.2, -0.15) is 0 Å². The number of amides is 1. The van der Waals surface area contributed by atoms with Gasteiger partial charge >= 0.3 is 0 Å². The summed E-state index contributed by atoms with van der Waals surface area (Å²) in [5, 5.41) is 10.3. The second-order valence-electron chi connectivity index (χ2n) is 9.40. The predicted molar refractivity (Wildman–Crippen MR) is 122 cm³/mol. The Bertz CT molecular complexity index is 1110. The van der Waals surface area contributed by atoms with Crippen molar-refractivity contribution in [2.45, 2.75) is 46.0 Å².